The molecule has 0 fully saturated rings. The lowest BCUT2D eigenvalue weighted by molar-refractivity contribution is -0.140. The molecule has 0 saturated carbocycles. The number of rotatable bonds is 12. The number of nitrogens with zero attached hydrogens (tertiary/aromatic N) is 2. The smallest absolute Gasteiger partial charge is 0.264 e. The van der Waals surface area contributed by atoms with E-state index in [1.54, 1.807) is 42.5 Å². The molecule has 3 rings (SSSR count). The summed E-state index contributed by atoms with van der Waals surface area (Å²) < 4.78 is 28.6. The van der Waals surface area contributed by atoms with Crippen LogP contribution in [0, 0.1) is 5.92 Å². The summed E-state index contributed by atoms with van der Waals surface area (Å²) in [6, 6.07) is 22.9. The number of nitrogens with one attached hydrogen (secondary N) is 1. The second-order valence-corrected chi connectivity index (χ2v) is 11.6. The van der Waals surface area contributed by atoms with Crippen LogP contribution in [0.25, 0.3) is 0 Å². The number of hydrogen-bond acceptors (Lipinski definition) is 4. The number of sulfonamides is 1. The fourth-order valence-electron chi connectivity index (χ4n) is 4.01. The van der Waals surface area contributed by atoms with Crippen molar-refractivity contribution >= 4 is 39.1 Å². The van der Waals surface area contributed by atoms with Gasteiger partial charge in [0.1, 0.15) is 12.6 Å². The molecule has 0 aliphatic heterocycles. The summed E-state index contributed by atoms with van der Waals surface area (Å²) in [5, 5.41) is 3.11. The molecule has 7 nitrogen and oxygen atoms in total. The van der Waals surface area contributed by atoms with E-state index >= 15 is 0 Å². The second-order valence-electron chi connectivity index (χ2n) is 9.35. The monoisotopic (exact) mass is 555 g/mol. The van der Waals surface area contributed by atoms with Gasteiger partial charge in [0.2, 0.25) is 11.8 Å². The van der Waals surface area contributed by atoms with E-state index in [1.807, 2.05) is 51.1 Å². The van der Waals surface area contributed by atoms with Crippen molar-refractivity contribution in [3.05, 3.63) is 95.5 Å². The van der Waals surface area contributed by atoms with Crippen molar-refractivity contribution in [1.29, 1.82) is 0 Å². The van der Waals surface area contributed by atoms with E-state index in [0.717, 1.165) is 9.87 Å². The van der Waals surface area contributed by atoms with Gasteiger partial charge in [-0.1, -0.05) is 93.0 Å². The summed E-state index contributed by atoms with van der Waals surface area (Å²) in [5.74, 6) is -0.554. The fourth-order valence-corrected chi connectivity index (χ4v) is 5.75. The zero-order chi connectivity index (χ0) is 27.7. The van der Waals surface area contributed by atoms with Crippen LogP contribution in [0.15, 0.2) is 89.8 Å². The number of halogens is 1. The molecule has 0 unspecified atom stereocenters. The van der Waals surface area contributed by atoms with Gasteiger partial charge < -0.3 is 10.2 Å². The van der Waals surface area contributed by atoms with Crippen LogP contribution in [0.4, 0.5) is 5.69 Å². The maximum Gasteiger partial charge on any atom is 0.264 e. The van der Waals surface area contributed by atoms with Gasteiger partial charge in [-0.2, -0.15) is 0 Å². The van der Waals surface area contributed by atoms with Crippen molar-refractivity contribution < 1.29 is 18.0 Å². The quantitative estimate of drug-likeness (QED) is 0.336. The van der Waals surface area contributed by atoms with Crippen LogP contribution in [-0.2, 0) is 26.2 Å². The summed E-state index contributed by atoms with van der Waals surface area (Å²) >= 11 is 6.42. The van der Waals surface area contributed by atoms with E-state index in [2.05, 4.69) is 5.32 Å². The van der Waals surface area contributed by atoms with E-state index in [-0.39, 0.29) is 34.0 Å². The first-order valence-electron chi connectivity index (χ1n) is 12.6. The van der Waals surface area contributed by atoms with Crippen LogP contribution in [-0.4, -0.2) is 44.3 Å². The first-order valence-corrected chi connectivity index (χ1v) is 14.4. The minimum absolute atomic E-state index is 0.0315. The van der Waals surface area contributed by atoms with Gasteiger partial charge in [-0.3, -0.25) is 13.9 Å². The molecule has 0 radical (unpaired) electrons. The predicted octanol–water partition coefficient (Wildman–Crippen LogP) is 5.11. The van der Waals surface area contributed by atoms with E-state index in [0.29, 0.717) is 13.0 Å². The molecule has 3 aromatic rings. The van der Waals surface area contributed by atoms with Gasteiger partial charge in [-0.25, -0.2) is 8.42 Å². The van der Waals surface area contributed by atoms with Crippen LogP contribution in [0.5, 0.6) is 0 Å². The van der Waals surface area contributed by atoms with Crippen molar-refractivity contribution in [3.8, 4) is 0 Å². The average Bonchev–Trinajstić information content (AvgIpc) is 2.91. The number of carbonyl (C=O) groups excluding carboxylic acids is 2. The molecule has 38 heavy (non-hydrogen) atoms. The Bertz CT molecular complexity index is 1320. The highest BCUT2D eigenvalue weighted by molar-refractivity contribution is 7.92. The lowest BCUT2D eigenvalue weighted by atomic mass is 10.1. The Morgan fingerprint density at radius 3 is 2.05 bits per heavy atom. The number of para-hydroxylation sites is 1. The zero-order valence-electron chi connectivity index (χ0n) is 21.9. The van der Waals surface area contributed by atoms with Crippen molar-refractivity contribution in [2.75, 3.05) is 17.4 Å². The Hall–Kier alpha value is -3.36. The lowest BCUT2D eigenvalue weighted by Gasteiger charge is -2.33. The van der Waals surface area contributed by atoms with Crippen molar-refractivity contribution in [2.45, 2.75) is 44.7 Å². The van der Waals surface area contributed by atoms with Gasteiger partial charge in [0.15, 0.2) is 0 Å². The molecule has 202 valence electrons. The molecule has 0 aliphatic carbocycles. The normalized spacial score (nSPS) is 12.1. The molecule has 2 amide bonds. The Morgan fingerprint density at radius 2 is 1.47 bits per heavy atom. The minimum Gasteiger partial charge on any atom is -0.354 e. The van der Waals surface area contributed by atoms with Gasteiger partial charge >= 0.3 is 0 Å². The number of hydrogen-bond donors (Lipinski definition) is 1. The Labute approximate surface area is 230 Å². The third-order valence-electron chi connectivity index (χ3n) is 6.00. The van der Waals surface area contributed by atoms with E-state index < -0.39 is 28.5 Å². The molecule has 3 aromatic carbocycles. The Morgan fingerprint density at radius 1 is 0.895 bits per heavy atom. The molecular formula is C29H34ClN3O4S. The Kier molecular flexibility index (Phi) is 10.3. The molecule has 0 aliphatic rings. The molecule has 0 spiro atoms. The third-order valence-corrected chi connectivity index (χ3v) is 8.09. The average molecular weight is 556 g/mol. The topological polar surface area (TPSA) is 86.8 Å². The highest BCUT2D eigenvalue weighted by atomic mass is 35.5. The van der Waals surface area contributed by atoms with Crippen molar-refractivity contribution in [2.24, 2.45) is 5.92 Å². The molecule has 9 heteroatoms. The van der Waals surface area contributed by atoms with Crippen LogP contribution in [0.3, 0.4) is 0 Å². The standard InChI is InChI=1S/C29H34ClN3O4S/c1-4-26(29(35)31-19-22(2)3)32(20-23-13-7-5-8-14-23)28(34)21-33(27-18-12-11-17-25(27)30)38(36,37)24-15-9-6-10-16-24/h5-18,22,26H,4,19-21H2,1-3H3,(H,31,35)/t26-/m0/s1. The van der Waals surface area contributed by atoms with Gasteiger partial charge in [0.05, 0.1) is 15.6 Å². The minimum atomic E-state index is -4.15. The zero-order valence-corrected chi connectivity index (χ0v) is 23.5. The number of anilines is 1. The lowest BCUT2D eigenvalue weighted by Crippen LogP contribution is -2.52. The number of carbonyl (C=O) groups is 2. The molecule has 0 heterocycles. The van der Waals surface area contributed by atoms with Crippen LogP contribution in [0.2, 0.25) is 5.02 Å². The summed E-state index contributed by atoms with van der Waals surface area (Å²) in [4.78, 5) is 28.6. The highest BCUT2D eigenvalue weighted by Crippen LogP contribution is 2.30. The van der Waals surface area contributed by atoms with Gasteiger partial charge in [-0.15, -0.1) is 0 Å². The summed E-state index contributed by atoms with van der Waals surface area (Å²) in [6.07, 6.45) is 0.361. The van der Waals surface area contributed by atoms with E-state index in [4.69, 9.17) is 11.6 Å². The summed E-state index contributed by atoms with van der Waals surface area (Å²) in [6.45, 7) is 5.90. The Balaban J connectivity index is 2.03. The predicted molar refractivity (Wildman–Crippen MR) is 151 cm³/mol. The van der Waals surface area contributed by atoms with E-state index in [1.165, 1.54) is 17.0 Å². The van der Waals surface area contributed by atoms with Crippen LogP contribution >= 0.6 is 11.6 Å². The largest absolute Gasteiger partial charge is 0.354 e. The van der Waals surface area contributed by atoms with Crippen molar-refractivity contribution in [1.82, 2.24) is 10.2 Å². The number of benzene rings is 3. The summed E-state index contributed by atoms with van der Waals surface area (Å²) in [7, 11) is -4.15. The summed E-state index contributed by atoms with van der Waals surface area (Å²) in [5.41, 5.74) is 1.01. The van der Waals surface area contributed by atoms with Gasteiger partial charge in [0.25, 0.3) is 10.0 Å². The molecule has 1 N–H and O–H groups in total. The van der Waals surface area contributed by atoms with E-state index in [9.17, 15) is 18.0 Å². The third kappa shape index (κ3) is 7.36. The first-order chi connectivity index (χ1) is 18.1. The molecule has 0 saturated heterocycles. The molecule has 0 aromatic heterocycles. The van der Waals surface area contributed by atoms with Gasteiger partial charge in [-0.05, 0) is 42.2 Å². The van der Waals surface area contributed by atoms with Crippen molar-refractivity contribution in [3.63, 3.8) is 0 Å². The van der Waals surface area contributed by atoms with Crippen LogP contribution in [0.1, 0.15) is 32.8 Å². The first kappa shape index (κ1) is 29.2. The van der Waals surface area contributed by atoms with Gasteiger partial charge in [0, 0.05) is 13.1 Å². The molecule has 0 bridgehead atoms. The number of amides is 2. The SMILES string of the molecule is CC[C@@H](C(=O)NCC(C)C)N(Cc1ccccc1)C(=O)CN(c1ccccc1Cl)S(=O)(=O)c1ccccc1. The maximum atomic E-state index is 14.0. The maximum absolute atomic E-state index is 14.0. The molecule has 1 atom stereocenters. The van der Waals surface area contributed by atoms with Crippen LogP contribution < -0.4 is 9.62 Å². The fraction of sp³-hybridized carbons (Fsp3) is 0.310. The second kappa shape index (κ2) is 13.4. The molecular weight excluding hydrogens is 522 g/mol. The highest BCUT2D eigenvalue weighted by Gasteiger charge is 2.34.